The molecule has 0 aromatic carbocycles. The van der Waals surface area contributed by atoms with Crippen LogP contribution in [0.15, 0.2) is 12.2 Å². The van der Waals surface area contributed by atoms with E-state index in [0.29, 0.717) is 5.41 Å². The van der Waals surface area contributed by atoms with Crippen LogP contribution in [0, 0.1) is 5.41 Å². The van der Waals surface area contributed by atoms with Crippen LogP contribution in [0.2, 0.25) is 0 Å². The lowest BCUT2D eigenvalue weighted by molar-refractivity contribution is -0.140. The maximum Gasteiger partial charge on any atom is 0.305 e. The van der Waals surface area contributed by atoms with Crippen LogP contribution in [-0.2, 0) is 14.4 Å². The van der Waals surface area contributed by atoms with Crippen LogP contribution in [0.4, 0.5) is 0 Å². The van der Waals surface area contributed by atoms with Gasteiger partial charge in [0.05, 0.1) is 6.42 Å². The third-order valence-corrected chi connectivity index (χ3v) is 7.77. The first-order valence-electron chi connectivity index (χ1n) is 15.5. The van der Waals surface area contributed by atoms with Gasteiger partial charge in [0, 0.05) is 24.2 Å². The standard InChI is InChI=1S/C13H28.C12H27N.C7H7NO4/c1-5-8-9-10-12-13(4,7-3)11-6-2;1-4-7-8-9-11-12(13,6-3)10-5-2;9-5-1-2-6(10)8(5)4-3-7(11)12/h5-12H2,1-4H3;4-11,13H2,1-3H3;1-2H,3-4H2,(H,11,12). The summed E-state index contributed by atoms with van der Waals surface area (Å²) in [7, 11) is 0. The summed E-state index contributed by atoms with van der Waals surface area (Å²) >= 11 is 0. The Kier molecular flexibility index (Phi) is 23.5. The first-order chi connectivity index (χ1) is 18.0. The van der Waals surface area contributed by atoms with Crippen molar-refractivity contribution in [2.45, 2.75) is 163 Å². The van der Waals surface area contributed by atoms with Crippen molar-refractivity contribution in [1.82, 2.24) is 4.90 Å². The Labute approximate surface area is 235 Å². The molecule has 224 valence electrons. The maximum atomic E-state index is 10.8. The maximum absolute atomic E-state index is 10.8. The number of nitrogens with zero attached hydrogens (tertiary/aromatic N) is 1. The molecule has 0 saturated heterocycles. The average molecular weight is 539 g/mol. The minimum atomic E-state index is -1.03. The normalized spacial score (nSPS) is 15.7. The highest BCUT2D eigenvalue weighted by atomic mass is 16.4. The van der Waals surface area contributed by atoms with Crippen molar-refractivity contribution in [3.05, 3.63) is 12.2 Å². The van der Waals surface area contributed by atoms with E-state index >= 15 is 0 Å². The van der Waals surface area contributed by atoms with Crippen LogP contribution < -0.4 is 5.73 Å². The van der Waals surface area contributed by atoms with Crippen LogP contribution in [0.5, 0.6) is 0 Å². The number of nitrogens with two attached hydrogens (primary N) is 1. The minimum absolute atomic E-state index is 0.0556. The van der Waals surface area contributed by atoms with Crippen LogP contribution in [0.3, 0.4) is 0 Å². The molecule has 1 aliphatic heterocycles. The number of rotatable bonds is 19. The van der Waals surface area contributed by atoms with Crippen LogP contribution in [-0.4, -0.2) is 39.9 Å². The summed E-state index contributed by atoms with van der Waals surface area (Å²) in [5, 5.41) is 8.28. The van der Waals surface area contributed by atoms with Gasteiger partial charge in [-0.3, -0.25) is 19.3 Å². The summed E-state index contributed by atoms with van der Waals surface area (Å²) in [5.74, 6) is -1.91. The Balaban J connectivity index is 0. The monoisotopic (exact) mass is 538 g/mol. The number of unbranched alkanes of at least 4 members (excludes halogenated alkanes) is 6. The molecule has 1 heterocycles. The van der Waals surface area contributed by atoms with Gasteiger partial charge in [-0.15, -0.1) is 0 Å². The van der Waals surface area contributed by atoms with Gasteiger partial charge in [-0.1, -0.05) is 119 Å². The number of amides is 2. The molecule has 0 radical (unpaired) electrons. The largest absolute Gasteiger partial charge is 0.481 e. The zero-order chi connectivity index (χ0) is 29.5. The fourth-order valence-corrected chi connectivity index (χ4v) is 4.80. The molecule has 2 atom stereocenters. The smallest absolute Gasteiger partial charge is 0.305 e. The van der Waals surface area contributed by atoms with Gasteiger partial charge in [-0.25, -0.2) is 0 Å². The van der Waals surface area contributed by atoms with Crippen LogP contribution in [0.25, 0.3) is 0 Å². The molecule has 2 amide bonds. The molecular weight excluding hydrogens is 476 g/mol. The van der Waals surface area contributed by atoms with E-state index < -0.39 is 17.8 Å². The van der Waals surface area contributed by atoms with Gasteiger partial charge in [0.2, 0.25) is 0 Å². The molecule has 0 aromatic heterocycles. The highest BCUT2D eigenvalue weighted by Crippen LogP contribution is 2.33. The van der Waals surface area contributed by atoms with Crippen molar-refractivity contribution in [2.75, 3.05) is 6.54 Å². The molecule has 6 heteroatoms. The quantitative estimate of drug-likeness (QED) is 0.127. The van der Waals surface area contributed by atoms with Gasteiger partial charge in [-0.05, 0) is 37.5 Å². The Bertz CT molecular complexity index is 618. The Hall–Kier alpha value is -1.69. The van der Waals surface area contributed by atoms with Gasteiger partial charge in [0.25, 0.3) is 11.8 Å². The third-order valence-electron chi connectivity index (χ3n) is 7.77. The molecule has 0 saturated carbocycles. The van der Waals surface area contributed by atoms with Crippen molar-refractivity contribution in [1.29, 1.82) is 0 Å². The number of aliphatic carboxylic acids is 1. The highest BCUT2D eigenvalue weighted by molar-refractivity contribution is 6.12. The van der Waals surface area contributed by atoms with E-state index in [9.17, 15) is 14.4 Å². The molecule has 0 aromatic rings. The predicted molar refractivity (Wildman–Crippen MR) is 161 cm³/mol. The van der Waals surface area contributed by atoms with Gasteiger partial charge in [0.1, 0.15) is 0 Å². The summed E-state index contributed by atoms with van der Waals surface area (Å²) in [6.45, 7) is 16.0. The minimum Gasteiger partial charge on any atom is -0.481 e. The predicted octanol–water partition coefficient (Wildman–Crippen LogP) is 8.42. The molecule has 1 rings (SSSR count). The number of carbonyl (C=O) groups excluding carboxylic acids is 2. The van der Waals surface area contributed by atoms with Gasteiger partial charge in [0.15, 0.2) is 0 Å². The molecule has 1 aliphatic rings. The van der Waals surface area contributed by atoms with Crippen LogP contribution in [0.1, 0.15) is 158 Å². The van der Waals surface area contributed by atoms with Crippen LogP contribution >= 0.6 is 0 Å². The zero-order valence-electron chi connectivity index (χ0n) is 26.1. The van der Waals surface area contributed by atoms with E-state index in [1.165, 1.54) is 96.3 Å². The second-order valence-corrected chi connectivity index (χ2v) is 11.3. The topological polar surface area (TPSA) is 101 Å². The number of carboxylic acid groups (broad SMARTS) is 1. The Morgan fingerprint density at radius 1 is 0.737 bits per heavy atom. The zero-order valence-corrected chi connectivity index (χ0v) is 26.1. The lowest BCUT2D eigenvalue weighted by Crippen LogP contribution is -2.38. The van der Waals surface area contributed by atoms with E-state index in [-0.39, 0.29) is 18.5 Å². The van der Waals surface area contributed by atoms with Gasteiger partial charge >= 0.3 is 5.97 Å². The molecule has 38 heavy (non-hydrogen) atoms. The van der Waals surface area contributed by atoms with Crippen molar-refractivity contribution in [3.63, 3.8) is 0 Å². The molecular formula is C32H62N2O4. The van der Waals surface area contributed by atoms with E-state index in [1.54, 1.807) is 0 Å². The molecule has 2 unspecified atom stereocenters. The fourth-order valence-electron chi connectivity index (χ4n) is 4.80. The second kappa shape index (κ2) is 23.2. The number of imide groups is 1. The molecule has 0 spiro atoms. The number of carboxylic acids is 1. The number of hydrogen-bond acceptors (Lipinski definition) is 4. The van der Waals surface area contributed by atoms with E-state index in [1.807, 2.05) is 0 Å². The summed E-state index contributed by atoms with van der Waals surface area (Å²) in [4.78, 5) is 32.6. The highest BCUT2D eigenvalue weighted by Gasteiger charge is 2.23. The van der Waals surface area contributed by atoms with Crippen molar-refractivity contribution in [3.8, 4) is 0 Å². The number of carbonyl (C=O) groups is 3. The van der Waals surface area contributed by atoms with Crippen molar-refractivity contribution >= 4 is 17.8 Å². The molecule has 0 bridgehead atoms. The summed E-state index contributed by atoms with van der Waals surface area (Å²) < 4.78 is 0. The summed E-state index contributed by atoms with van der Waals surface area (Å²) in [6, 6.07) is 0. The van der Waals surface area contributed by atoms with Gasteiger partial charge in [-0.2, -0.15) is 0 Å². The lowest BCUT2D eigenvalue weighted by Gasteiger charge is -2.27. The van der Waals surface area contributed by atoms with Crippen molar-refractivity contribution in [2.24, 2.45) is 11.1 Å². The van der Waals surface area contributed by atoms with E-state index in [4.69, 9.17) is 10.8 Å². The molecule has 0 aliphatic carbocycles. The Morgan fingerprint density at radius 3 is 1.63 bits per heavy atom. The second-order valence-electron chi connectivity index (χ2n) is 11.3. The Morgan fingerprint density at radius 2 is 1.24 bits per heavy atom. The summed E-state index contributed by atoms with van der Waals surface area (Å²) in [6.07, 6.45) is 23.4. The molecule has 3 N–H and O–H groups in total. The molecule has 6 nitrogen and oxygen atoms in total. The summed E-state index contributed by atoms with van der Waals surface area (Å²) in [5.41, 5.74) is 7.07. The van der Waals surface area contributed by atoms with Crippen molar-refractivity contribution < 1.29 is 19.5 Å². The number of hydrogen-bond donors (Lipinski definition) is 2. The lowest BCUT2D eigenvalue weighted by atomic mass is 9.78. The average Bonchev–Trinajstić information content (AvgIpc) is 3.21. The SMILES string of the molecule is CCCCCCC(C)(CC)CCC.CCCCCCC(N)(CC)CCC.O=C(O)CCN1C(=O)C=CC1=O. The van der Waals surface area contributed by atoms with E-state index in [2.05, 4.69) is 48.5 Å². The fraction of sp³-hybridized carbons (Fsp3) is 0.844. The van der Waals surface area contributed by atoms with Gasteiger partial charge < -0.3 is 10.8 Å². The first-order valence-corrected chi connectivity index (χ1v) is 15.5. The molecule has 0 fully saturated rings. The third kappa shape index (κ3) is 19.4. The first kappa shape index (κ1) is 38.5. The van der Waals surface area contributed by atoms with E-state index in [0.717, 1.165) is 23.5 Å².